The van der Waals surface area contributed by atoms with Gasteiger partial charge in [0.25, 0.3) is 0 Å². The first-order valence-corrected chi connectivity index (χ1v) is 7.48. The van der Waals surface area contributed by atoms with Crippen molar-refractivity contribution in [2.75, 3.05) is 19.5 Å². The Morgan fingerprint density at radius 1 is 1.50 bits per heavy atom. The van der Waals surface area contributed by atoms with E-state index in [9.17, 15) is 17.9 Å². The summed E-state index contributed by atoms with van der Waals surface area (Å²) in [6.45, 7) is -0.0636. The van der Waals surface area contributed by atoms with Gasteiger partial charge in [-0.05, 0) is 24.1 Å². The zero-order valence-electron chi connectivity index (χ0n) is 9.97. The third-order valence-electron chi connectivity index (χ3n) is 3.38. The Hall–Kier alpha value is -1.14. The SMILES string of the molecule is CS(=O)(=O)C1(c2cccc(O)c2)CCOCC1F. The van der Waals surface area contributed by atoms with Crippen LogP contribution in [0.25, 0.3) is 0 Å². The van der Waals surface area contributed by atoms with Gasteiger partial charge in [0.2, 0.25) is 0 Å². The van der Waals surface area contributed by atoms with E-state index in [1.54, 1.807) is 0 Å². The molecule has 0 saturated carbocycles. The number of ether oxygens (including phenoxy) is 1. The first kappa shape index (κ1) is 13.3. The molecule has 0 aromatic heterocycles. The van der Waals surface area contributed by atoms with Gasteiger partial charge in [0.05, 0.1) is 6.61 Å². The summed E-state index contributed by atoms with van der Waals surface area (Å²) in [5.74, 6) is -0.0748. The Morgan fingerprint density at radius 3 is 2.78 bits per heavy atom. The lowest BCUT2D eigenvalue weighted by Crippen LogP contribution is -2.50. The Bertz CT molecular complexity index is 543. The molecule has 1 N–H and O–H groups in total. The summed E-state index contributed by atoms with van der Waals surface area (Å²) in [5, 5.41) is 9.46. The molecule has 0 aliphatic carbocycles. The number of alkyl halides is 1. The van der Waals surface area contributed by atoms with Crippen molar-refractivity contribution in [2.45, 2.75) is 17.3 Å². The topological polar surface area (TPSA) is 63.6 Å². The van der Waals surface area contributed by atoms with Gasteiger partial charge >= 0.3 is 0 Å². The van der Waals surface area contributed by atoms with Crippen molar-refractivity contribution in [3.05, 3.63) is 29.8 Å². The van der Waals surface area contributed by atoms with Crippen LogP contribution >= 0.6 is 0 Å². The Kier molecular flexibility index (Phi) is 3.33. The number of halogens is 1. The van der Waals surface area contributed by atoms with E-state index in [-0.39, 0.29) is 30.9 Å². The number of rotatable bonds is 2. The molecule has 1 aliphatic rings. The molecule has 2 atom stereocenters. The maximum atomic E-state index is 14.2. The molecule has 0 radical (unpaired) electrons. The number of hydrogen-bond donors (Lipinski definition) is 1. The zero-order valence-corrected chi connectivity index (χ0v) is 10.8. The molecule has 6 heteroatoms. The van der Waals surface area contributed by atoms with E-state index in [4.69, 9.17) is 4.74 Å². The highest BCUT2D eigenvalue weighted by Crippen LogP contribution is 2.42. The molecular weight excluding hydrogens is 259 g/mol. The van der Waals surface area contributed by atoms with Gasteiger partial charge in [-0.25, -0.2) is 12.8 Å². The maximum Gasteiger partial charge on any atom is 0.160 e. The van der Waals surface area contributed by atoms with Crippen molar-refractivity contribution >= 4 is 9.84 Å². The van der Waals surface area contributed by atoms with E-state index in [1.165, 1.54) is 24.3 Å². The average molecular weight is 274 g/mol. The molecule has 100 valence electrons. The molecule has 1 aliphatic heterocycles. The summed E-state index contributed by atoms with van der Waals surface area (Å²) < 4.78 is 41.7. The largest absolute Gasteiger partial charge is 0.508 e. The molecule has 2 unspecified atom stereocenters. The predicted molar refractivity (Wildman–Crippen MR) is 65.0 cm³/mol. The lowest BCUT2D eigenvalue weighted by Gasteiger charge is -2.38. The Labute approximate surface area is 105 Å². The highest BCUT2D eigenvalue weighted by Gasteiger charge is 2.51. The lowest BCUT2D eigenvalue weighted by atomic mass is 9.89. The van der Waals surface area contributed by atoms with Crippen LogP contribution in [0.15, 0.2) is 24.3 Å². The van der Waals surface area contributed by atoms with E-state index < -0.39 is 20.8 Å². The summed E-state index contributed by atoms with van der Waals surface area (Å²) in [6.07, 6.45) is -0.561. The summed E-state index contributed by atoms with van der Waals surface area (Å²) in [5.41, 5.74) is 0.279. The normalized spacial score (nSPS) is 29.1. The molecule has 18 heavy (non-hydrogen) atoms. The quantitative estimate of drug-likeness (QED) is 0.885. The molecule has 1 heterocycles. The minimum Gasteiger partial charge on any atom is -0.508 e. The van der Waals surface area contributed by atoms with Crippen molar-refractivity contribution in [1.82, 2.24) is 0 Å². The monoisotopic (exact) mass is 274 g/mol. The van der Waals surface area contributed by atoms with Crippen LogP contribution in [0.5, 0.6) is 5.75 Å². The van der Waals surface area contributed by atoms with Crippen molar-refractivity contribution in [3.63, 3.8) is 0 Å². The van der Waals surface area contributed by atoms with Crippen molar-refractivity contribution < 1.29 is 22.7 Å². The van der Waals surface area contributed by atoms with Gasteiger partial charge in [0.15, 0.2) is 9.84 Å². The van der Waals surface area contributed by atoms with Crippen LogP contribution in [0, 0.1) is 0 Å². The van der Waals surface area contributed by atoms with Gasteiger partial charge in [-0.2, -0.15) is 0 Å². The number of sulfone groups is 1. The number of hydrogen-bond acceptors (Lipinski definition) is 4. The van der Waals surface area contributed by atoms with Gasteiger partial charge in [0, 0.05) is 12.9 Å². The van der Waals surface area contributed by atoms with Crippen LogP contribution in [0.2, 0.25) is 0 Å². The van der Waals surface area contributed by atoms with Gasteiger partial charge < -0.3 is 9.84 Å². The smallest absolute Gasteiger partial charge is 0.160 e. The van der Waals surface area contributed by atoms with Crippen LogP contribution in [0.3, 0.4) is 0 Å². The molecule has 0 spiro atoms. The van der Waals surface area contributed by atoms with Gasteiger partial charge in [0.1, 0.15) is 16.7 Å². The molecule has 2 rings (SSSR count). The molecular formula is C12H15FO4S. The summed E-state index contributed by atoms with van der Waals surface area (Å²) in [4.78, 5) is 0. The molecule has 1 saturated heterocycles. The first-order chi connectivity index (χ1) is 8.38. The summed E-state index contributed by atoms with van der Waals surface area (Å²) in [6, 6.07) is 5.77. The van der Waals surface area contributed by atoms with Crippen LogP contribution in [-0.2, 0) is 19.3 Å². The third-order valence-corrected chi connectivity index (χ3v) is 5.40. The highest BCUT2D eigenvalue weighted by atomic mass is 32.2. The van der Waals surface area contributed by atoms with Gasteiger partial charge in [-0.1, -0.05) is 12.1 Å². The van der Waals surface area contributed by atoms with Crippen LogP contribution in [-0.4, -0.2) is 39.2 Å². The Balaban J connectivity index is 2.63. The van der Waals surface area contributed by atoms with Crippen molar-refractivity contribution in [2.24, 2.45) is 0 Å². The average Bonchev–Trinajstić information content (AvgIpc) is 2.28. The molecule has 0 bridgehead atoms. The first-order valence-electron chi connectivity index (χ1n) is 5.59. The van der Waals surface area contributed by atoms with Crippen LogP contribution in [0.4, 0.5) is 4.39 Å². The fourth-order valence-electron chi connectivity index (χ4n) is 2.43. The second kappa shape index (κ2) is 4.51. The predicted octanol–water partition coefficient (Wildman–Crippen LogP) is 1.39. The van der Waals surface area contributed by atoms with Crippen LogP contribution in [0.1, 0.15) is 12.0 Å². The number of aromatic hydroxyl groups is 1. The second-order valence-electron chi connectivity index (χ2n) is 4.50. The standard InChI is InChI=1S/C12H15FO4S/c1-18(15,16)12(5-6-17-8-11(12)13)9-3-2-4-10(14)7-9/h2-4,7,11,14H,5-6,8H2,1H3. The van der Waals surface area contributed by atoms with E-state index in [0.29, 0.717) is 0 Å². The fraction of sp³-hybridized carbons (Fsp3) is 0.500. The van der Waals surface area contributed by atoms with E-state index >= 15 is 0 Å². The van der Waals surface area contributed by atoms with E-state index in [1.807, 2.05) is 0 Å². The molecule has 1 aromatic rings. The van der Waals surface area contributed by atoms with Gasteiger partial charge in [-0.3, -0.25) is 0 Å². The second-order valence-corrected chi connectivity index (χ2v) is 6.78. The Morgan fingerprint density at radius 2 is 2.22 bits per heavy atom. The number of phenolic OH excluding ortho intramolecular Hbond substituents is 1. The van der Waals surface area contributed by atoms with E-state index in [2.05, 4.69) is 0 Å². The minimum absolute atomic E-state index is 0.0520. The lowest BCUT2D eigenvalue weighted by molar-refractivity contribution is 0.00815. The summed E-state index contributed by atoms with van der Waals surface area (Å²) in [7, 11) is -3.67. The van der Waals surface area contributed by atoms with Crippen molar-refractivity contribution in [1.29, 1.82) is 0 Å². The minimum atomic E-state index is -3.67. The molecule has 0 amide bonds. The molecule has 1 fully saturated rings. The van der Waals surface area contributed by atoms with E-state index in [0.717, 1.165) is 6.26 Å². The zero-order chi connectivity index (χ0) is 13.4. The summed E-state index contributed by atoms with van der Waals surface area (Å²) >= 11 is 0. The number of benzene rings is 1. The highest BCUT2D eigenvalue weighted by molar-refractivity contribution is 7.91. The maximum absolute atomic E-state index is 14.2. The fourth-order valence-corrected chi connectivity index (χ4v) is 3.97. The molecule has 1 aromatic carbocycles. The van der Waals surface area contributed by atoms with Crippen LogP contribution < -0.4 is 0 Å². The number of phenols is 1. The van der Waals surface area contributed by atoms with Gasteiger partial charge in [-0.15, -0.1) is 0 Å². The third kappa shape index (κ3) is 1.99. The molecule has 4 nitrogen and oxygen atoms in total. The van der Waals surface area contributed by atoms with Crippen molar-refractivity contribution in [3.8, 4) is 5.75 Å².